The smallest absolute Gasteiger partial charge is 0.171 e. The normalized spacial score (nSPS) is 34.2. The van der Waals surface area contributed by atoms with Crippen molar-refractivity contribution in [3.63, 3.8) is 0 Å². The molecule has 2 saturated heterocycles. The first-order chi connectivity index (χ1) is 5.85. The quantitative estimate of drug-likeness (QED) is 0.560. The van der Waals surface area contributed by atoms with Crippen molar-refractivity contribution < 1.29 is 14.6 Å². The molecule has 0 bridgehead atoms. The zero-order valence-electron chi connectivity index (χ0n) is 7.08. The second-order valence-corrected chi connectivity index (χ2v) is 3.40. The van der Waals surface area contributed by atoms with Crippen LogP contribution in [0.15, 0.2) is 0 Å². The maximum Gasteiger partial charge on any atom is 0.171 e. The van der Waals surface area contributed by atoms with Crippen molar-refractivity contribution in [2.75, 3.05) is 26.4 Å². The van der Waals surface area contributed by atoms with Crippen LogP contribution < -0.4 is 5.32 Å². The first kappa shape index (κ1) is 8.44. The van der Waals surface area contributed by atoms with Gasteiger partial charge in [0.2, 0.25) is 0 Å². The predicted molar refractivity (Wildman–Crippen MR) is 42.7 cm³/mol. The first-order valence-electron chi connectivity index (χ1n) is 4.47. The van der Waals surface area contributed by atoms with Crippen molar-refractivity contribution in [3.05, 3.63) is 0 Å². The first-order valence-corrected chi connectivity index (χ1v) is 4.47. The molecule has 0 saturated carbocycles. The van der Waals surface area contributed by atoms with Crippen LogP contribution in [0.4, 0.5) is 0 Å². The topological polar surface area (TPSA) is 50.7 Å². The van der Waals surface area contributed by atoms with Crippen LogP contribution in [0.1, 0.15) is 12.8 Å². The summed E-state index contributed by atoms with van der Waals surface area (Å²) < 4.78 is 11.1. The summed E-state index contributed by atoms with van der Waals surface area (Å²) in [5.41, 5.74) is 0. The van der Waals surface area contributed by atoms with Crippen LogP contribution in [0, 0.1) is 0 Å². The van der Waals surface area contributed by atoms with Gasteiger partial charge in [-0.3, -0.25) is 0 Å². The zero-order chi connectivity index (χ0) is 8.44. The second kappa shape index (κ2) is 3.30. The van der Waals surface area contributed by atoms with Crippen molar-refractivity contribution in [3.8, 4) is 0 Å². The summed E-state index contributed by atoms with van der Waals surface area (Å²) in [7, 11) is 0. The Morgan fingerprint density at radius 3 is 2.83 bits per heavy atom. The van der Waals surface area contributed by atoms with Crippen molar-refractivity contribution in [2.24, 2.45) is 0 Å². The Morgan fingerprint density at radius 1 is 1.42 bits per heavy atom. The summed E-state index contributed by atoms with van der Waals surface area (Å²) in [6.07, 6.45) is 1.66. The Labute approximate surface area is 71.9 Å². The van der Waals surface area contributed by atoms with Gasteiger partial charge >= 0.3 is 0 Å². The van der Waals surface area contributed by atoms with E-state index in [1.165, 1.54) is 0 Å². The average Bonchev–Trinajstić information content (AvgIpc) is 2.53. The van der Waals surface area contributed by atoms with E-state index in [-0.39, 0.29) is 18.4 Å². The van der Waals surface area contributed by atoms with E-state index < -0.39 is 0 Å². The molecule has 2 aliphatic heterocycles. The van der Waals surface area contributed by atoms with Crippen LogP contribution >= 0.6 is 0 Å². The molecule has 2 fully saturated rings. The number of aliphatic hydroxyl groups excluding tert-OH is 1. The van der Waals surface area contributed by atoms with Gasteiger partial charge in [-0.05, 0) is 0 Å². The van der Waals surface area contributed by atoms with Crippen molar-refractivity contribution >= 4 is 0 Å². The number of aliphatic hydroxyl groups is 1. The van der Waals surface area contributed by atoms with Gasteiger partial charge in [-0.15, -0.1) is 0 Å². The summed E-state index contributed by atoms with van der Waals surface area (Å²) in [4.78, 5) is 0. The summed E-state index contributed by atoms with van der Waals surface area (Å²) in [5.74, 6) is -0.376. The molecule has 0 aromatic carbocycles. The monoisotopic (exact) mass is 173 g/mol. The number of hydrogen-bond acceptors (Lipinski definition) is 4. The number of ether oxygens (including phenoxy) is 2. The van der Waals surface area contributed by atoms with Gasteiger partial charge in [0.05, 0.1) is 19.8 Å². The molecule has 2 aliphatic rings. The Bertz CT molecular complexity index is 156. The number of nitrogens with one attached hydrogen (secondary N) is 1. The second-order valence-electron chi connectivity index (χ2n) is 3.40. The maximum absolute atomic E-state index is 8.96. The molecule has 1 atom stereocenters. The van der Waals surface area contributed by atoms with Crippen molar-refractivity contribution in [2.45, 2.75) is 24.7 Å². The fraction of sp³-hybridized carbons (Fsp3) is 1.00. The van der Waals surface area contributed by atoms with Crippen molar-refractivity contribution in [1.82, 2.24) is 5.32 Å². The van der Waals surface area contributed by atoms with Crippen LogP contribution in [0.25, 0.3) is 0 Å². The third kappa shape index (κ3) is 1.47. The van der Waals surface area contributed by atoms with Gasteiger partial charge in [0.15, 0.2) is 5.79 Å². The Morgan fingerprint density at radius 2 is 2.17 bits per heavy atom. The summed E-state index contributed by atoms with van der Waals surface area (Å²) in [6.45, 7) is 2.41. The molecular formula is C8H15NO3. The van der Waals surface area contributed by atoms with Gasteiger partial charge in [-0.2, -0.15) is 0 Å². The van der Waals surface area contributed by atoms with Gasteiger partial charge in [-0.25, -0.2) is 0 Å². The van der Waals surface area contributed by atoms with E-state index in [0.29, 0.717) is 13.2 Å². The van der Waals surface area contributed by atoms with E-state index in [1.54, 1.807) is 0 Å². The summed E-state index contributed by atoms with van der Waals surface area (Å²) in [6, 6.07) is 0.136. The average molecular weight is 173 g/mol. The van der Waals surface area contributed by atoms with E-state index in [2.05, 4.69) is 5.32 Å². The lowest BCUT2D eigenvalue weighted by Crippen LogP contribution is -2.50. The highest BCUT2D eigenvalue weighted by Crippen LogP contribution is 2.30. The minimum atomic E-state index is -0.376. The molecule has 0 amide bonds. The Kier molecular flexibility index (Phi) is 2.32. The molecule has 12 heavy (non-hydrogen) atoms. The molecule has 2 N–H and O–H groups in total. The molecule has 1 spiro atoms. The fourth-order valence-corrected chi connectivity index (χ4v) is 1.90. The van der Waals surface area contributed by atoms with Crippen LogP contribution in [-0.2, 0) is 9.47 Å². The summed E-state index contributed by atoms with van der Waals surface area (Å²) in [5, 5.41) is 12.2. The predicted octanol–water partition coefficient (Wildman–Crippen LogP) is -0.526. The third-order valence-electron chi connectivity index (χ3n) is 2.53. The van der Waals surface area contributed by atoms with E-state index in [0.717, 1.165) is 19.4 Å². The highest BCUT2D eigenvalue weighted by atomic mass is 16.7. The van der Waals surface area contributed by atoms with Crippen molar-refractivity contribution in [1.29, 1.82) is 0 Å². The largest absolute Gasteiger partial charge is 0.395 e. The minimum absolute atomic E-state index is 0.136. The van der Waals surface area contributed by atoms with E-state index in [1.807, 2.05) is 0 Å². The molecule has 0 unspecified atom stereocenters. The van der Waals surface area contributed by atoms with Gasteiger partial charge in [0, 0.05) is 25.4 Å². The molecule has 4 heteroatoms. The van der Waals surface area contributed by atoms with Crippen LogP contribution in [0.3, 0.4) is 0 Å². The molecular weight excluding hydrogens is 158 g/mol. The van der Waals surface area contributed by atoms with Crippen LogP contribution in [-0.4, -0.2) is 43.3 Å². The lowest BCUT2D eigenvalue weighted by molar-refractivity contribution is -0.181. The minimum Gasteiger partial charge on any atom is -0.395 e. The Hall–Kier alpha value is -0.160. The maximum atomic E-state index is 8.96. The lowest BCUT2D eigenvalue weighted by atomic mass is 9.99. The van der Waals surface area contributed by atoms with Crippen LogP contribution in [0.5, 0.6) is 0 Å². The van der Waals surface area contributed by atoms with E-state index >= 15 is 0 Å². The number of hydrogen-bond donors (Lipinski definition) is 2. The molecule has 0 aromatic heterocycles. The zero-order valence-corrected chi connectivity index (χ0v) is 7.08. The molecule has 70 valence electrons. The van der Waals surface area contributed by atoms with Gasteiger partial charge in [0.1, 0.15) is 0 Å². The fourth-order valence-electron chi connectivity index (χ4n) is 1.90. The molecule has 0 aromatic rings. The standard InChI is InChI=1S/C8H15NO3/c10-6-7-5-8(1-2-9-7)11-3-4-12-8/h7,9-10H,1-6H2/t7-/m0/s1. The molecule has 2 rings (SSSR count). The highest BCUT2D eigenvalue weighted by molar-refractivity contribution is 4.86. The molecule has 0 radical (unpaired) electrons. The number of rotatable bonds is 1. The molecule has 2 heterocycles. The molecule has 4 nitrogen and oxygen atoms in total. The SMILES string of the molecule is OC[C@@H]1CC2(CCN1)OCCO2. The third-order valence-corrected chi connectivity index (χ3v) is 2.53. The van der Waals surface area contributed by atoms with Gasteiger partial charge in [0.25, 0.3) is 0 Å². The Balaban J connectivity index is 1.97. The number of piperidine rings is 1. The van der Waals surface area contributed by atoms with E-state index in [9.17, 15) is 0 Å². The lowest BCUT2D eigenvalue weighted by Gasteiger charge is -2.36. The highest BCUT2D eigenvalue weighted by Gasteiger charge is 2.40. The van der Waals surface area contributed by atoms with E-state index in [4.69, 9.17) is 14.6 Å². The van der Waals surface area contributed by atoms with Gasteiger partial charge < -0.3 is 19.9 Å². The van der Waals surface area contributed by atoms with Crippen LogP contribution in [0.2, 0.25) is 0 Å². The summed E-state index contributed by atoms with van der Waals surface area (Å²) >= 11 is 0. The molecule has 0 aliphatic carbocycles. The van der Waals surface area contributed by atoms with Gasteiger partial charge in [-0.1, -0.05) is 0 Å².